The summed E-state index contributed by atoms with van der Waals surface area (Å²) in [6.45, 7) is 2.12. The molecule has 6 rings (SSSR count). The Hall–Kier alpha value is -3.92. The van der Waals surface area contributed by atoms with E-state index >= 15 is 0 Å². The number of fused-ring (bicyclic) bond motifs is 4. The predicted molar refractivity (Wildman–Crippen MR) is 116 cm³/mol. The lowest BCUT2D eigenvalue weighted by molar-refractivity contribution is 0.669. The third kappa shape index (κ3) is 2.32. The summed E-state index contributed by atoms with van der Waals surface area (Å²) < 4.78 is 8.48. The molecule has 4 heteroatoms. The van der Waals surface area contributed by atoms with E-state index in [0.29, 0.717) is 0 Å². The number of aryl methyl sites for hydroxylation is 1. The van der Waals surface area contributed by atoms with Crippen LogP contribution in [0.2, 0.25) is 0 Å². The van der Waals surface area contributed by atoms with Gasteiger partial charge in [-0.2, -0.15) is 0 Å². The van der Waals surface area contributed by atoms with Crippen molar-refractivity contribution in [3.8, 4) is 17.1 Å². The average molecular weight is 375 g/mol. The van der Waals surface area contributed by atoms with Gasteiger partial charge in [-0.3, -0.25) is 4.57 Å². The van der Waals surface area contributed by atoms with Crippen molar-refractivity contribution in [2.45, 2.75) is 6.92 Å². The largest absolute Gasteiger partial charge is 0.455 e. The van der Waals surface area contributed by atoms with Gasteiger partial charge in [0.15, 0.2) is 11.5 Å². The third-order valence-corrected chi connectivity index (χ3v) is 5.42. The van der Waals surface area contributed by atoms with Crippen LogP contribution in [-0.4, -0.2) is 14.5 Å². The number of hydrogen-bond acceptors (Lipinski definition) is 3. The fourth-order valence-corrected chi connectivity index (χ4v) is 4.10. The number of imidazole rings is 1. The van der Waals surface area contributed by atoms with E-state index in [-0.39, 0.29) is 0 Å². The van der Waals surface area contributed by atoms with Gasteiger partial charge in [0.05, 0.1) is 11.1 Å². The second-order valence-electron chi connectivity index (χ2n) is 7.18. The number of rotatable bonds is 2. The molecular weight excluding hydrogens is 358 g/mol. The number of benzene rings is 3. The van der Waals surface area contributed by atoms with E-state index in [0.717, 1.165) is 50.2 Å². The number of aromatic nitrogens is 3. The first-order chi connectivity index (χ1) is 14.3. The molecular formula is C25H17N3O. The second kappa shape index (κ2) is 6.04. The normalized spacial score (nSPS) is 11.6. The zero-order valence-corrected chi connectivity index (χ0v) is 15.8. The van der Waals surface area contributed by atoms with Crippen LogP contribution in [0, 0.1) is 6.92 Å². The Balaban J connectivity index is 1.76. The van der Waals surface area contributed by atoms with Gasteiger partial charge in [0.2, 0.25) is 0 Å². The molecule has 0 N–H and O–H groups in total. The molecule has 3 heterocycles. The molecule has 0 aliphatic heterocycles. The highest BCUT2D eigenvalue weighted by atomic mass is 16.3. The van der Waals surface area contributed by atoms with E-state index in [2.05, 4.69) is 52.9 Å². The van der Waals surface area contributed by atoms with Gasteiger partial charge < -0.3 is 4.42 Å². The molecule has 0 aliphatic carbocycles. The fraction of sp³-hybridized carbons (Fsp3) is 0.0400. The SMILES string of the molecule is Cc1ccc(-c2nc3ncccc3n2-c2ccccc2)c2oc3ccccc3c12. The Labute approximate surface area is 167 Å². The van der Waals surface area contributed by atoms with Crippen LogP contribution >= 0.6 is 0 Å². The summed E-state index contributed by atoms with van der Waals surface area (Å²) in [5, 5.41) is 2.26. The molecule has 0 amide bonds. The van der Waals surface area contributed by atoms with Gasteiger partial charge in [-0.15, -0.1) is 0 Å². The zero-order valence-electron chi connectivity index (χ0n) is 15.8. The van der Waals surface area contributed by atoms with Crippen LogP contribution in [0.3, 0.4) is 0 Å². The molecule has 0 unspecified atom stereocenters. The lowest BCUT2D eigenvalue weighted by Crippen LogP contribution is -1.97. The maximum Gasteiger partial charge on any atom is 0.178 e. The number of hydrogen-bond donors (Lipinski definition) is 0. The first kappa shape index (κ1) is 16.1. The van der Waals surface area contributed by atoms with E-state index in [1.165, 1.54) is 5.56 Å². The number of pyridine rings is 1. The van der Waals surface area contributed by atoms with Crippen LogP contribution in [0.5, 0.6) is 0 Å². The molecule has 0 fully saturated rings. The lowest BCUT2D eigenvalue weighted by Gasteiger charge is -2.10. The van der Waals surface area contributed by atoms with Crippen molar-refractivity contribution in [3.05, 3.63) is 90.6 Å². The summed E-state index contributed by atoms with van der Waals surface area (Å²) in [6, 6.07) is 26.7. The molecule has 138 valence electrons. The highest BCUT2D eigenvalue weighted by Crippen LogP contribution is 2.38. The summed E-state index contributed by atoms with van der Waals surface area (Å²) in [5.41, 5.74) is 6.63. The number of furan rings is 1. The van der Waals surface area contributed by atoms with Crippen molar-refractivity contribution in [2.24, 2.45) is 0 Å². The topological polar surface area (TPSA) is 43.9 Å². The van der Waals surface area contributed by atoms with Crippen LogP contribution in [0.4, 0.5) is 0 Å². The summed E-state index contributed by atoms with van der Waals surface area (Å²) in [5.74, 6) is 0.828. The Bertz CT molecular complexity index is 1510. The number of nitrogens with zero attached hydrogens (tertiary/aromatic N) is 3. The van der Waals surface area contributed by atoms with Crippen molar-refractivity contribution in [2.75, 3.05) is 0 Å². The van der Waals surface area contributed by atoms with Crippen LogP contribution in [0.1, 0.15) is 5.56 Å². The highest BCUT2D eigenvalue weighted by Gasteiger charge is 2.20. The minimum atomic E-state index is 0.719. The Morgan fingerprint density at radius 3 is 2.55 bits per heavy atom. The van der Waals surface area contributed by atoms with E-state index < -0.39 is 0 Å². The Morgan fingerprint density at radius 1 is 0.828 bits per heavy atom. The molecule has 29 heavy (non-hydrogen) atoms. The zero-order chi connectivity index (χ0) is 19.4. The standard InChI is InChI=1S/C25H17N3O/c1-16-13-14-19(23-22(16)18-10-5-6-12-21(18)29-23)25-27-24-20(11-7-15-26-24)28(25)17-8-3-2-4-9-17/h2-15H,1H3. The smallest absolute Gasteiger partial charge is 0.178 e. The summed E-state index contributed by atoms with van der Waals surface area (Å²) in [6.07, 6.45) is 1.78. The van der Waals surface area contributed by atoms with E-state index in [1.807, 2.05) is 42.5 Å². The summed E-state index contributed by atoms with van der Waals surface area (Å²) in [7, 11) is 0. The van der Waals surface area contributed by atoms with E-state index in [1.54, 1.807) is 6.20 Å². The van der Waals surface area contributed by atoms with Gasteiger partial charge in [-0.1, -0.05) is 42.5 Å². The molecule has 0 radical (unpaired) electrons. The molecule has 0 spiro atoms. The van der Waals surface area contributed by atoms with Crippen LogP contribution in [-0.2, 0) is 0 Å². The minimum absolute atomic E-state index is 0.719. The van der Waals surface area contributed by atoms with Crippen LogP contribution in [0.25, 0.3) is 50.2 Å². The quantitative estimate of drug-likeness (QED) is 0.357. The Kier molecular flexibility index (Phi) is 3.35. The predicted octanol–water partition coefficient (Wildman–Crippen LogP) is 6.30. The third-order valence-electron chi connectivity index (χ3n) is 5.42. The molecule has 0 bridgehead atoms. The van der Waals surface area contributed by atoms with E-state index in [9.17, 15) is 0 Å². The molecule has 3 aromatic carbocycles. The van der Waals surface area contributed by atoms with Gasteiger partial charge in [0, 0.05) is 22.7 Å². The molecule has 0 atom stereocenters. The van der Waals surface area contributed by atoms with Crippen molar-refractivity contribution in [1.29, 1.82) is 0 Å². The molecule has 0 aliphatic rings. The first-order valence-electron chi connectivity index (χ1n) is 9.61. The van der Waals surface area contributed by atoms with E-state index in [4.69, 9.17) is 9.40 Å². The van der Waals surface area contributed by atoms with Gasteiger partial charge >= 0.3 is 0 Å². The molecule has 3 aromatic heterocycles. The molecule has 6 aromatic rings. The average Bonchev–Trinajstić information content (AvgIpc) is 3.34. The molecule has 0 saturated carbocycles. The van der Waals surface area contributed by atoms with Crippen LogP contribution in [0.15, 0.2) is 89.5 Å². The fourth-order valence-electron chi connectivity index (χ4n) is 4.10. The monoisotopic (exact) mass is 375 g/mol. The Morgan fingerprint density at radius 2 is 1.66 bits per heavy atom. The lowest BCUT2D eigenvalue weighted by atomic mass is 10.0. The van der Waals surface area contributed by atoms with Crippen LogP contribution < -0.4 is 0 Å². The highest BCUT2D eigenvalue weighted by molar-refractivity contribution is 6.11. The number of para-hydroxylation sites is 2. The van der Waals surface area contributed by atoms with Gasteiger partial charge in [0.1, 0.15) is 11.2 Å². The van der Waals surface area contributed by atoms with Crippen molar-refractivity contribution >= 4 is 33.1 Å². The van der Waals surface area contributed by atoms with Crippen molar-refractivity contribution in [3.63, 3.8) is 0 Å². The summed E-state index contributed by atoms with van der Waals surface area (Å²) in [4.78, 5) is 9.39. The maximum absolute atomic E-state index is 6.33. The van der Waals surface area contributed by atoms with Crippen molar-refractivity contribution < 1.29 is 4.42 Å². The maximum atomic E-state index is 6.33. The minimum Gasteiger partial charge on any atom is -0.455 e. The van der Waals surface area contributed by atoms with Gasteiger partial charge in [0.25, 0.3) is 0 Å². The molecule has 0 saturated heterocycles. The second-order valence-corrected chi connectivity index (χ2v) is 7.18. The van der Waals surface area contributed by atoms with Gasteiger partial charge in [-0.25, -0.2) is 9.97 Å². The molecule has 4 nitrogen and oxygen atoms in total. The first-order valence-corrected chi connectivity index (χ1v) is 9.61. The van der Waals surface area contributed by atoms with Crippen molar-refractivity contribution in [1.82, 2.24) is 14.5 Å². The summed E-state index contributed by atoms with van der Waals surface area (Å²) >= 11 is 0. The van der Waals surface area contributed by atoms with Gasteiger partial charge in [-0.05, 0) is 48.9 Å².